The molecule has 2 aliphatic heterocycles. The summed E-state index contributed by atoms with van der Waals surface area (Å²) >= 11 is 0. The quantitative estimate of drug-likeness (QED) is 0.237. The number of guanidine groups is 1. The number of amides is 2. The first-order valence-electron chi connectivity index (χ1n) is 12.2. The van der Waals surface area contributed by atoms with E-state index in [4.69, 9.17) is 0 Å². The monoisotopic (exact) mass is 564 g/mol. The number of rotatable bonds is 8. The lowest BCUT2D eigenvalue weighted by Crippen LogP contribution is -2.31. The Hall–Kier alpha value is -4.97. The Balaban J connectivity index is 0.00000370. The van der Waals surface area contributed by atoms with E-state index in [1.54, 1.807) is 42.5 Å². The number of carboxylic acids is 1. The second-order valence-electron chi connectivity index (χ2n) is 9.09. The van der Waals surface area contributed by atoms with Crippen LogP contribution in [0.5, 0.6) is 0 Å². The van der Waals surface area contributed by atoms with Crippen molar-refractivity contribution in [3.05, 3.63) is 99.1 Å². The Morgan fingerprint density at radius 1 is 1.10 bits per heavy atom. The molecule has 0 radical (unpaired) electrons. The normalized spacial score (nSPS) is 14.3. The Morgan fingerprint density at radius 3 is 2.62 bits per heavy atom. The van der Waals surface area contributed by atoms with Crippen molar-refractivity contribution >= 4 is 53.2 Å². The van der Waals surface area contributed by atoms with Gasteiger partial charge >= 0.3 is 5.97 Å². The van der Waals surface area contributed by atoms with Gasteiger partial charge in [-0.3, -0.25) is 29.5 Å². The molecule has 3 aromatic carbocycles. The van der Waals surface area contributed by atoms with Crippen LogP contribution in [-0.2, 0) is 11.3 Å². The van der Waals surface area contributed by atoms with Gasteiger partial charge in [0.2, 0.25) is 0 Å². The maximum atomic E-state index is 13.4. The van der Waals surface area contributed by atoms with Gasteiger partial charge in [0.05, 0.1) is 23.9 Å². The van der Waals surface area contributed by atoms with Crippen molar-refractivity contribution < 1.29 is 24.4 Å². The van der Waals surface area contributed by atoms with E-state index in [9.17, 15) is 29.6 Å². The fourth-order valence-electron chi connectivity index (χ4n) is 4.63. The van der Waals surface area contributed by atoms with Crippen LogP contribution in [0, 0.1) is 10.1 Å². The highest BCUT2D eigenvalue weighted by molar-refractivity contribution is 6.07. The summed E-state index contributed by atoms with van der Waals surface area (Å²) < 4.78 is 0. The molecule has 5 rings (SSSR count). The van der Waals surface area contributed by atoms with E-state index in [2.05, 4.69) is 20.9 Å². The maximum Gasteiger partial charge on any atom is 0.305 e. The summed E-state index contributed by atoms with van der Waals surface area (Å²) in [6, 6.07) is 16.6. The second-order valence-corrected chi connectivity index (χ2v) is 9.09. The third-order valence-corrected chi connectivity index (χ3v) is 6.47. The molecule has 0 aliphatic carbocycles. The van der Waals surface area contributed by atoms with Gasteiger partial charge in [0, 0.05) is 47.7 Å². The molecule has 13 heteroatoms. The minimum Gasteiger partial charge on any atom is -0.481 e. The van der Waals surface area contributed by atoms with Crippen molar-refractivity contribution in [3.8, 4) is 0 Å². The maximum absolute atomic E-state index is 13.4. The van der Waals surface area contributed by atoms with Gasteiger partial charge in [-0.25, -0.2) is 0 Å². The fraction of sp³-hybridized carbons (Fsp3) is 0.185. The molecule has 0 fully saturated rings. The number of carbonyl (C=O) groups excluding carboxylic acids is 2. The molecule has 40 heavy (non-hydrogen) atoms. The summed E-state index contributed by atoms with van der Waals surface area (Å²) in [7, 11) is 0. The first kappa shape index (κ1) is 28.0. The second kappa shape index (κ2) is 11.8. The number of nitro groups is 1. The number of carboxylic acid groups (broad SMARTS) is 1. The number of nitrogens with one attached hydrogen (secondary N) is 3. The highest BCUT2D eigenvalue weighted by atomic mass is 35.5. The van der Waals surface area contributed by atoms with E-state index in [0.717, 1.165) is 6.54 Å². The topological polar surface area (TPSA) is 166 Å². The Labute approximate surface area is 234 Å². The predicted molar refractivity (Wildman–Crippen MR) is 150 cm³/mol. The van der Waals surface area contributed by atoms with E-state index in [0.29, 0.717) is 46.1 Å². The van der Waals surface area contributed by atoms with E-state index in [-0.39, 0.29) is 30.5 Å². The zero-order valence-electron chi connectivity index (χ0n) is 21.0. The Morgan fingerprint density at radius 2 is 1.90 bits per heavy atom. The van der Waals surface area contributed by atoms with E-state index in [1.807, 2.05) is 6.07 Å². The smallest absolute Gasteiger partial charge is 0.305 e. The van der Waals surface area contributed by atoms with Gasteiger partial charge in [-0.15, -0.1) is 12.4 Å². The lowest BCUT2D eigenvalue weighted by molar-refractivity contribution is -0.385. The minimum absolute atomic E-state index is 0. The summed E-state index contributed by atoms with van der Waals surface area (Å²) in [5.74, 6) is -1.30. The van der Waals surface area contributed by atoms with Crippen molar-refractivity contribution in [3.63, 3.8) is 0 Å². The third-order valence-electron chi connectivity index (χ3n) is 6.47. The molecular weight excluding hydrogens is 540 g/mol. The number of aliphatic imine (C=N–C) groups is 1. The van der Waals surface area contributed by atoms with Crippen LogP contribution in [0.25, 0.3) is 0 Å². The average Bonchev–Trinajstić information content (AvgIpc) is 3.55. The zero-order chi connectivity index (χ0) is 27.5. The molecule has 1 atom stereocenters. The number of nitro benzene ring substituents is 1. The highest BCUT2D eigenvalue weighted by Gasteiger charge is 2.35. The highest BCUT2D eigenvalue weighted by Crippen LogP contribution is 2.35. The minimum atomic E-state index is -1.14. The lowest BCUT2D eigenvalue weighted by atomic mass is 10.0. The van der Waals surface area contributed by atoms with Gasteiger partial charge in [0.1, 0.15) is 0 Å². The summed E-state index contributed by atoms with van der Waals surface area (Å²) in [5.41, 5.74) is 2.65. The van der Waals surface area contributed by atoms with Crippen LogP contribution in [0.3, 0.4) is 0 Å². The van der Waals surface area contributed by atoms with Gasteiger partial charge in [-0.2, -0.15) is 0 Å². The van der Waals surface area contributed by atoms with Crippen LogP contribution in [-0.4, -0.2) is 51.8 Å². The molecule has 3 aromatic rings. The number of hydrogen-bond donors (Lipinski definition) is 4. The van der Waals surface area contributed by atoms with Gasteiger partial charge in [0.15, 0.2) is 5.96 Å². The molecule has 0 saturated heterocycles. The summed E-state index contributed by atoms with van der Waals surface area (Å²) in [5, 5.41) is 29.8. The molecule has 12 nitrogen and oxygen atoms in total. The third kappa shape index (κ3) is 6.02. The van der Waals surface area contributed by atoms with Crippen LogP contribution in [0.1, 0.15) is 44.3 Å². The molecule has 2 aliphatic rings. The number of halogens is 1. The molecule has 0 aromatic heterocycles. The number of nitrogens with zero attached hydrogens (tertiary/aromatic N) is 3. The van der Waals surface area contributed by atoms with Gasteiger partial charge in [-0.1, -0.05) is 24.3 Å². The Bertz CT molecular complexity index is 1530. The summed E-state index contributed by atoms with van der Waals surface area (Å²) in [4.78, 5) is 54.3. The van der Waals surface area contributed by atoms with Crippen molar-refractivity contribution in [2.24, 2.45) is 4.99 Å². The van der Waals surface area contributed by atoms with Crippen molar-refractivity contribution in [1.29, 1.82) is 0 Å². The molecular formula is C27H25ClN6O6. The van der Waals surface area contributed by atoms with E-state index < -0.39 is 29.3 Å². The molecule has 2 amide bonds. The molecule has 0 saturated carbocycles. The van der Waals surface area contributed by atoms with Gasteiger partial charge in [-0.05, 0) is 41.5 Å². The summed E-state index contributed by atoms with van der Waals surface area (Å²) in [6.07, 6.45) is -0.420. The van der Waals surface area contributed by atoms with Crippen LogP contribution in [0.4, 0.5) is 17.1 Å². The summed E-state index contributed by atoms with van der Waals surface area (Å²) in [6.45, 7) is 1.56. The van der Waals surface area contributed by atoms with Gasteiger partial charge in [0.25, 0.3) is 17.5 Å². The average molecular weight is 565 g/mol. The first-order chi connectivity index (χ1) is 18.8. The number of aliphatic carboxylic acids is 1. The lowest BCUT2D eigenvalue weighted by Gasteiger charge is -2.27. The fourth-order valence-corrected chi connectivity index (χ4v) is 4.63. The molecule has 2 heterocycles. The van der Waals surface area contributed by atoms with Gasteiger partial charge < -0.3 is 26.0 Å². The van der Waals surface area contributed by atoms with Crippen molar-refractivity contribution in [2.45, 2.75) is 19.0 Å². The zero-order valence-corrected chi connectivity index (χ0v) is 21.8. The standard InChI is InChI=1S/C27H24N6O6.ClH/c34-24(35)14-23(16-3-2-6-21(12-16)33(38)39)32-15-18-7-8-20(13-22(18)26(32)37)30-25(36)17-4-1-5-19(11-17)31-27-28-9-10-29-27;/h1-8,11-13,23H,9-10,14-15H2,(H,30,36)(H,34,35)(H2,28,29,31);1H. The van der Waals surface area contributed by atoms with Crippen LogP contribution in [0.15, 0.2) is 71.7 Å². The molecule has 206 valence electrons. The van der Waals surface area contributed by atoms with E-state index >= 15 is 0 Å². The van der Waals surface area contributed by atoms with E-state index in [1.165, 1.54) is 23.1 Å². The SMILES string of the molecule is Cl.O=C(O)CC(c1cccc([N+](=O)[O-])c1)N1Cc2ccc(NC(=O)c3cccc(NC4=NCCN4)c3)cc2C1=O. The largest absolute Gasteiger partial charge is 0.481 e. The number of fused-ring (bicyclic) bond motifs is 1. The number of non-ortho nitro benzene ring substituents is 1. The first-order valence-corrected chi connectivity index (χ1v) is 12.2. The predicted octanol–water partition coefficient (Wildman–Crippen LogP) is 3.81. The number of hydrogen-bond acceptors (Lipinski definition) is 8. The van der Waals surface area contributed by atoms with Crippen LogP contribution in [0.2, 0.25) is 0 Å². The van der Waals surface area contributed by atoms with Crippen molar-refractivity contribution in [1.82, 2.24) is 10.2 Å². The van der Waals surface area contributed by atoms with Crippen molar-refractivity contribution in [2.75, 3.05) is 23.7 Å². The molecule has 0 bridgehead atoms. The molecule has 4 N–H and O–H groups in total. The molecule has 0 spiro atoms. The number of carbonyl (C=O) groups is 3. The number of anilines is 2. The van der Waals surface area contributed by atoms with Crippen LogP contribution >= 0.6 is 12.4 Å². The number of benzene rings is 3. The molecule has 1 unspecified atom stereocenters. The van der Waals surface area contributed by atoms with Crippen LogP contribution < -0.4 is 16.0 Å². The Kier molecular flexibility index (Phi) is 8.29.